The highest BCUT2D eigenvalue weighted by atomic mass is 16.2. The third-order valence-corrected chi connectivity index (χ3v) is 4.99. The van der Waals surface area contributed by atoms with Crippen molar-refractivity contribution in [2.75, 3.05) is 6.61 Å². The van der Waals surface area contributed by atoms with Crippen LogP contribution in [-0.4, -0.2) is 21.7 Å². The number of aromatic nitrogens is 2. The lowest BCUT2D eigenvalue weighted by atomic mass is 9.91. The van der Waals surface area contributed by atoms with Crippen molar-refractivity contribution in [2.45, 2.75) is 92.4 Å². The molecular formula is C23H44N2O. The minimum Gasteiger partial charge on any atom is -0.392 e. The van der Waals surface area contributed by atoms with Gasteiger partial charge in [0.05, 0.1) is 12.9 Å². The van der Waals surface area contributed by atoms with E-state index in [0.29, 0.717) is 0 Å². The van der Waals surface area contributed by atoms with Gasteiger partial charge >= 0.3 is 0 Å². The van der Waals surface area contributed by atoms with Gasteiger partial charge in [0, 0.05) is 12.4 Å². The number of nitrogens with one attached hydrogen (secondary N) is 1. The lowest BCUT2D eigenvalue weighted by Crippen LogP contribution is -2.00. The molecule has 152 valence electrons. The second-order valence-corrected chi connectivity index (χ2v) is 8.35. The topological polar surface area (TPSA) is 48.9 Å². The quantitative estimate of drug-likeness (QED) is 0.379. The van der Waals surface area contributed by atoms with E-state index in [1.54, 1.807) is 18.7 Å². The Bertz CT molecular complexity index is 395. The number of hydrogen-bond donors (Lipinski definition) is 2. The molecule has 2 unspecified atom stereocenters. The van der Waals surface area contributed by atoms with Gasteiger partial charge in [-0.25, -0.2) is 4.98 Å². The summed E-state index contributed by atoms with van der Waals surface area (Å²) < 4.78 is 0. The van der Waals surface area contributed by atoms with Crippen molar-refractivity contribution in [3.8, 4) is 0 Å². The SMILES string of the molecule is CC(=CCO)CCCC(C)CCCC(C)CCCC(C)C.c1c[nH]cn1. The Kier molecular flexibility index (Phi) is 16.6. The maximum absolute atomic E-state index is 8.83. The molecule has 1 aromatic heterocycles. The Hall–Kier alpha value is -1.09. The van der Waals surface area contributed by atoms with E-state index in [-0.39, 0.29) is 6.61 Å². The number of H-pyrrole nitrogens is 1. The maximum Gasteiger partial charge on any atom is 0.0919 e. The van der Waals surface area contributed by atoms with Crippen LogP contribution in [-0.2, 0) is 0 Å². The number of imidazole rings is 1. The number of nitrogens with zero attached hydrogens (tertiary/aromatic N) is 1. The first-order valence-electron chi connectivity index (χ1n) is 10.6. The van der Waals surface area contributed by atoms with Gasteiger partial charge in [-0.2, -0.15) is 0 Å². The van der Waals surface area contributed by atoms with Crippen LogP contribution in [0.15, 0.2) is 30.4 Å². The molecular weight excluding hydrogens is 320 g/mol. The van der Waals surface area contributed by atoms with Crippen LogP contribution in [0.1, 0.15) is 92.4 Å². The van der Waals surface area contributed by atoms with E-state index in [1.807, 2.05) is 6.08 Å². The van der Waals surface area contributed by atoms with Crippen LogP contribution in [0.5, 0.6) is 0 Å². The van der Waals surface area contributed by atoms with E-state index in [0.717, 1.165) is 24.2 Å². The molecule has 0 aliphatic rings. The summed E-state index contributed by atoms with van der Waals surface area (Å²) in [7, 11) is 0. The van der Waals surface area contributed by atoms with E-state index in [9.17, 15) is 0 Å². The third kappa shape index (κ3) is 17.7. The highest BCUT2D eigenvalue weighted by Gasteiger charge is 2.06. The molecule has 0 aliphatic heterocycles. The molecule has 1 aromatic rings. The number of aliphatic hydroxyl groups is 1. The molecule has 0 radical (unpaired) electrons. The maximum atomic E-state index is 8.83. The van der Waals surface area contributed by atoms with Crippen molar-refractivity contribution in [1.29, 1.82) is 0 Å². The van der Waals surface area contributed by atoms with Gasteiger partial charge in [0.1, 0.15) is 0 Å². The predicted octanol–water partition coefficient (Wildman–Crippen LogP) is 6.77. The second-order valence-electron chi connectivity index (χ2n) is 8.35. The zero-order valence-corrected chi connectivity index (χ0v) is 18.0. The molecule has 3 nitrogen and oxygen atoms in total. The van der Waals surface area contributed by atoms with Crippen molar-refractivity contribution >= 4 is 0 Å². The van der Waals surface area contributed by atoms with Gasteiger partial charge in [-0.15, -0.1) is 0 Å². The summed E-state index contributed by atoms with van der Waals surface area (Å²) in [5.74, 6) is 2.63. The smallest absolute Gasteiger partial charge is 0.0919 e. The molecule has 2 atom stereocenters. The fourth-order valence-electron chi connectivity index (χ4n) is 3.18. The van der Waals surface area contributed by atoms with Crippen LogP contribution < -0.4 is 0 Å². The van der Waals surface area contributed by atoms with Crippen LogP contribution >= 0.6 is 0 Å². The van der Waals surface area contributed by atoms with Gasteiger partial charge in [0.2, 0.25) is 0 Å². The second kappa shape index (κ2) is 17.3. The highest BCUT2D eigenvalue weighted by molar-refractivity contribution is 4.97. The normalized spacial score (nSPS) is 14.0. The van der Waals surface area contributed by atoms with Gasteiger partial charge in [0.15, 0.2) is 0 Å². The standard InChI is InChI=1S/C20H40O.C3H4N2/c1-17(2)9-6-10-18(3)11-7-12-19(4)13-8-14-20(5)15-16-21;1-2-5-3-4-1/h15,17-19,21H,6-14,16H2,1-5H3;1-3H,(H,4,5). The van der Waals surface area contributed by atoms with E-state index in [4.69, 9.17) is 5.11 Å². The zero-order valence-electron chi connectivity index (χ0n) is 18.0. The summed E-state index contributed by atoms with van der Waals surface area (Å²) in [4.78, 5) is 6.42. The highest BCUT2D eigenvalue weighted by Crippen LogP contribution is 2.21. The molecule has 1 rings (SSSR count). The fourth-order valence-corrected chi connectivity index (χ4v) is 3.18. The Morgan fingerprint density at radius 3 is 1.96 bits per heavy atom. The number of aromatic amines is 1. The summed E-state index contributed by atoms with van der Waals surface area (Å²) in [5, 5.41) is 8.83. The molecule has 26 heavy (non-hydrogen) atoms. The van der Waals surface area contributed by atoms with Gasteiger partial charge in [-0.05, 0) is 37.5 Å². The number of allylic oxidation sites excluding steroid dienone is 1. The molecule has 0 spiro atoms. The van der Waals surface area contributed by atoms with E-state index in [2.05, 4.69) is 44.6 Å². The zero-order chi connectivity index (χ0) is 19.6. The van der Waals surface area contributed by atoms with Crippen molar-refractivity contribution in [2.24, 2.45) is 17.8 Å². The molecule has 3 heteroatoms. The lowest BCUT2D eigenvalue weighted by molar-refractivity contribution is 0.341. The van der Waals surface area contributed by atoms with Gasteiger partial charge in [-0.3, -0.25) is 0 Å². The largest absolute Gasteiger partial charge is 0.392 e. The van der Waals surface area contributed by atoms with E-state index >= 15 is 0 Å². The number of rotatable bonds is 13. The number of hydrogen-bond acceptors (Lipinski definition) is 2. The third-order valence-electron chi connectivity index (χ3n) is 4.99. The average molecular weight is 365 g/mol. The molecule has 0 aromatic carbocycles. The van der Waals surface area contributed by atoms with Crippen LogP contribution in [0.3, 0.4) is 0 Å². The van der Waals surface area contributed by atoms with Gasteiger partial charge in [0.25, 0.3) is 0 Å². The first-order chi connectivity index (χ1) is 12.5. The van der Waals surface area contributed by atoms with E-state index < -0.39 is 0 Å². The Balaban J connectivity index is 0.00000106. The Morgan fingerprint density at radius 1 is 0.962 bits per heavy atom. The molecule has 0 bridgehead atoms. The van der Waals surface area contributed by atoms with Crippen LogP contribution in [0.25, 0.3) is 0 Å². The van der Waals surface area contributed by atoms with Crippen molar-refractivity contribution in [3.05, 3.63) is 30.4 Å². The predicted molar refractivity (Wildman–Crippen MR) is 114 cm³/mol. The summed E-state index contributed by atoms with van der Waals surface area (Å²) in [6.45, 7) is 11.8. The summed E-state index contributed by atoms with van der Waals surface area (Å²) in [5.41, 5.74) is 1.34. The Labute approximate surface area is 162 Å². The lowest BCUT2D eigenvalue weighted by Gasteiger charge is -2.15. The monoisotopic (exact) mass is 364 g/mol. The van der Waals surface area contributed by atoms with Gasteiger partial charge in [-0.1, -0.05) is 84.3 Å². The van der Waals surface area contributed by atoms with Crippen molar-refractivity contribution in [3.63, 3.8) is 0 Å². The molecule has 0 fully saturated rings. The van der Waals surface area contributed by atoms with Gasteiger partial charge < -0.3 is 10.1 Å². The first kappa shape index (κ1) is 24.9. The summed E-state index contributed by atoms with van der Waals surface area (Å²) >= 11 is 0. The van der Waals surface area contributed by atoms with Crippen molar-refractivity contribution in [1.82, 2.24) is 9.97 Å². The summed E-state index contributed by atoms with van der Waals surface area (Å²) in [6.07, 6.45) is 19.2. The van der Waals surface area contributed by atoms with Crippen LogP contribution in [0, 0.1) is 17.8 Å². The number of aliphatic hydroxyl groups excluding tert-OH is 1. The first-order valence-corrected chi connectivity index (χ1v) is 10.6. The van der Waals surface area contributed by atoms with Crippen molar-refractivity contribution < 1.29 is 5.11 Å². The molecule has 0 amide bonds. The minimum absolute atomic E-state index is 0.191. The molecule has 1 heterocycles. The molecule has 0 saturated heterocycles. The Morgan fingerprint density at radius 2 is 1.54 bits per heavy atom. The summed E-state index contributed by atoms with van der Waals surface area (Å²) in [6, 6.07) is 0. The van der Waals surface area contributed by atoms with Crippen LogP contribution in [0.4, 0.5) is 0 Å². The molecule has 2 N–H and O–H groups in total. The molecule has 0 saturated carbocycles. The average Bonchev–Trinajstić information content (AvgIpc) is 3.14. The van der Waals surface area contributed by atoms with Crippen LogP contribution in [0.2, 0.25) is 0 Å². The van der Waals surface area contributed by atoms with E-state index in [1.165, 1.54) is 56.9 Å². The fraction of sp³-hybridized carbons (Fsp3) is 0.783. The molecule has 0 aliphatic carbocycles. The minimum atomic E-state index is 0.191.